The van der Waals surface area contributed by atoms with Crippen molar-refractivity contribution in [3.63, 3.8) is 0 Å². The molecule has 1 saturated heterocycles. The second kappa shape index (κ2) is 6.12. The summed E-state index contributed by atoms with van der Waals surface area (Å²) < 4.78 is 0. The minimum absolute atomic E-state index is 0.0742. The summed E-state index contributed by atoms with van der Waals surface area (Å²) in [6.07, 6.45) is 5.11. The van der Waals surface area contributed by atoms with Gasteiger partial charge in [-0.05, 0) is 32.4 Å². The summed E-state index contributed by atoms with van der Waals surface area (Å²) in [5, 5.41) is 6.01. The zero-order valence-corrected chi connectivity index (χ0v) is 11.0. The summed E-state index contributed by atoms with van der Waals surface area (Å²) in [5.74, 6) is 0.119. The lowest BCUT2D eigenvalue weighted by molar-refractivity contribution is -0.122. The molecule has 0 spiro atoms. The molecule has 1 amide bonds. The van der Waals surface area contributed by atoms with E-state index in [1.165, 1.54) is 12.8 Å². The molecule has 1 fully saturated rings. The van der Waals surface area contributed by atoms with Gasteiger partial charge in [0.25, 0.3) is 0 Å². The molecule has 4 nitrogen and oxygen atoms in total. The number of aromatic nitrogens is 1. The molecule has 1 aliphatic heterocycles. The molecule has 2 rings (SSSR count). The van der Waals surface area contributed by atoms with Crippen LogP contribution in [0.3, 0.4) is 0 Å². The molecule has 1 atom stereocenters. The summed E-state index contributed by atoms with van der Waals surface area (Å²) in [6.45, 7) is 4.72. The molecule has 0 aromatic carbocycles. The molecular weight excluding hydrogens is 234 g/mol. The van der Waals surface area contributed by atoms with Crippen molar-refractivity contribution in [1.29, 1.82) is 0 Å². The van der Waals surface area contributed by atoms with Gasteiger partial charge >= 0.3 is 0 Å². The molecular formula is C12H19N3OS. The Labute approximate surface area is 106 Å². The molecule has 0 unspecified atom stereocenters. The summed E-state index contributed by atoms with van der Waals surface area (Å²) >= 11 is 1.60. The minimum Gasteiger partial charge on any atom is -0.346 e. The Bertz CT molecular complexity index is 347. The molecule has 1 aromatic rings. The van der Waals surface area contributed by atoms with Gasteiger partial charge in [-0.3, -0.25) is 9.69 Å². The van der Waals surface area contributed by atoms with Crippen LogP contribution in [0.1, 0.15) is 37.2 Å². The molecule has 94 valence electrons. The highest BCUT2D eigenvalue weighted by molar-refractivity contribution is 7.09. The number of nitrogens with zero attached hydrogens (tertiary/aromatic N) is 2. The molecule has 5 heteroatoms. The van der Waals surface area contributed by atoms with Crippen molar-refractivity contribution in [2.45, 2.75) is 32.2 Å². The fourth-order valence-electron chi connectivity index (χ4n) is 2.13. The van der Waals surface area contributed by atoms with E-state index in [0.717, 1.165) is 24.5 Å². The van der Waals surface area contributed by atoms with Gasteiger partial charge in [-0.2, -0.15) is 0 Å². The van der Waals surface area contributed by atoms with Crippen molar-refractivity contribution >= 4 is 17.2 Å². The number of thiazole rings is 1. The van der Waals surface area contributed by atoms with Crippen LogP contribution < -0.4 is 5.32 Å². The minimum atomic E-state index is 0.0742. The molecule has 2 heterocycles. The Kier molecular flexibility index (Phi) is 4.50. The lowest BCUT2D eigenvalue weighted by Crippen LogP contribution is -2.37. The normalized spacial score (nSPS) is 18.2. The number of likely N-dealkylation sites (tertiary alicyclic amines) is 1. The van der Waals surface area contributed by atoms with E-state index in [1.807, 2.05) is 5.38 Å². The van der Waals surface area contributed by atoms with Crippen molar-refractivity contribution in [2.24, 2.45) is 0 Å². The third-order valence-corrected chi connectivity index (χ3v) is 3.95. The van der Waals surface area contributed by atoms with Gasteiger partial charge in [0.2, 0.25) is 5.91 Å². The lowest BCUT2D eigenvalue weighted by atomic mass is 10.2. The molecule has 0 saturated carbocycles. The van der Waals surface area contributed by atoms with Crippen molar-refractivity contribution < 1.29 is 4.79 Å². The van der Waals surface area contributed by atoms with Gasteiger partial charge in [-0.15, -0.1) is 11.3 Å². The van der Waals surface area contributed by atoms with Gasteiger partial charge in [0.15, 0.2) is 0 Å². The van der Waals surface area contributed by atoms with E-state index in [0.29, 0.717) is 6.54 Å². The third kappa shape index (κ3) is 3.51. The SMILES string of the molecule is CC[C@@H](NC(=O)CN1CCCC1)c1nccs1. The van der Waals surface area contributed by atoms with E-state index in [2.05, 4.69) is 22.1 Å². The van der Waals surface area contributed by atoms with Gasteiger partial charge in [0.1, 0.15) is 5.01 Å². The average Bonchev–Trinajstić information content (AvgIpc) is 2.97. The first kappa shape index (κ1) is 12.5. The van der Waals surface area contributed by atoms with Gasteiger partial charge in [-0.25, -0.2) is 4.98 Å². The Morgan fingerprint density at radius 2 is 2.35 bits per heavy atom. The smallest absolute Gasteiger partial charge is 0.234 e. The maximum Gasteiger partial charge on any atom is 0.234 e. The largest absolute Gasteiger partial charge is 0.346 e. The third-order valence-electron chi connectivity index (χ3n) is 3.06. The highest BCUT2D eigenvalue weighted by Gasteiger charge is 2.18. The van der Waals surface area contributed by atoms with E-state index in [4.69, 9.17) is 0 Å². The van der Waals surface area contributed by atoms with Crippen LogP contribution in [-0.2, 0) is 4.79 Å². The molecule has 1 N–H and O–H groups in total. The van der Waals surface area contributed by atoms with Crippen LogP contribution in [0.25, 0.3) is 0 Å². The zero-order chi connectivity index (χ0) is 12.1. The van der Waals surface area contributed by atoms with Crippen LogP contribution in [0.4, 0.5) is 0 Å². The first-order valence-corrected chi connectivity index (χ1v) is 7.08. The van der Waals surface area contributed by atoms with Crippen LogP contribution in [-0.4, -0.2) is 35.4 Å². The second-order valence-corrected chi connectivity index (χ2v) is 5.31. The van der Waals surface area contributed by atoms with Crippen molar-refractivity contribution in [3.8, 4) is 0 Å². The average molecular weight is 253 g/mol. The summed E-state index contributed by atoms with van der Waals surface area (Å²) in [5.41, 5.74) is 0. The molecule has 1 aliphatic rings. The zero-order valence-electron chi connectivity index (χ0n) is 10.2. The number of hydrogen-bond donors (Lipinski definition) is 1. The number of hydrogen-bond acceptors (Lipinski definition) is 4. The summed E-state index contributed by atoms with van der Waals surface area (Å²) in [4.78, 5) is 18.4. The van der Waals surface area contributed by atoms with Crippen molar-refractivity contribution in [3.05, 3.63) is 16.6 Å². The second-order valence-electron chi connectivity index (χ2n) is 4.38. The monoisotopic (exact) mass is 253 g/mol. The topological polar surface area (TPSA) is 45.2 Å². The Hall–Kier alpha value is -0.940. The van der Waals surface area contributed by atoms with Gasteiger partial charge < -0.3 is 5.32 Å². The molecule has 17 heavy (non-hydrogen) atoms. The van der Waals surface area contributed by atoms with Crippen LogP contribution in [0, 0.1) is 0 Å². The predicted molar refractivity (Wildman–Crippen MR) is 69.0 cm³/mol. The standard InChI is InChI=1S/C12H19N3OS/c1-2-10(12-13-5-8-17-12)14-11(16)9-15-6-3-4-7-15/h5,8,10H,2-4,6-7,9H2,1H3,(H,14,16)/t10-/m1/s1. The quantitative estimate of drug-likeness (QED) is 0.870. The number of carbonyl (C=O) groups excluding carboxylic acids is 1. The number of rotatable bonds is 5. The van der Waals surface area contributed by atoms with Crippen LogP contribution >= 0.6 is 11.3 Å². The summed E-state index contributed by atoms with van der Waals surface area (Å²) in [7, 11) is 0. The van der Waals surface area contributed by atoms with Crippen LogP contribution in [0.5, 0.6) is 0 Å². The molecule has 1 aromatic heterocycles. The highest BCUT2D eigenvalue weighted by Crippen LogP contribution is 2.18. The van der Waals surface area contributed by atoms with Crippen molar-refractivity contribution in [2.75, 3.05) is 19.6 Å². The van der Waals surface area contributed by atoms with E-state index in [9.17, 15) is 4.79 Å². The van der Waals surface area contributed by atoms with E-state index in [1.54, 1.807) is 17.5 Å². The van der Waals surface area contributed by atoms with Crippen LogP contribution in [0.2, 0.25) is 0 Å². The molecule has 0 aliphatic carbocycles. The van der Waals surface area contributed by atoms with Gasteiger partial charge in [0.05, 0.1) is 12.6 Å². The van der Waals surface area contributed by atoms with E-state index < -0.39 is 0 Å². The summed E-state index contributed by atoms with van der Waals surface area (Å²) in [6, 6.07) is 0.0742. The maximum absolute atomic E-state index is 11.9. The first-order valence-electron chi connectivity index (χ1n) is 6.20. The van der Waals surface area contributed by atoms with Crippen molar-refractivity contribution in [1.82, 2.24) is 15.2 Å². The van der Waals surface area contributed by atoms with Gasteiger partial charge in [0, 0.05) is 11.6 Å². The lowest BCUT2D eigenvalue weighted by Gasteiger charge is -2.18. The highest BCUT2D eigenvalue weighted by atomic mass is 32.1. The Morgan fingerprint density at radius 3 is 2.94 bits per heavy atom. The molecule has 0 radical (unpaired) electrons. The Balaban J connectivity index is 1.83. The molecule has 0 bridgehead atoms. The maximum atomic E-state index is 11.9. The number of nitrogens with one attached hydrogen (secondary N) is 1. The van der Waals surface area contributed by atoms with Crippen LogP contribution in [0.15, 0.2) is 11.6 Å². The number of carbonyl (C=O) groups is 1. The number of amides is 1. The fraction of sp³-hybridized carbons (Fsp3) is 0.667. The van der Waals surface area contributed by atoms with E-state index >= 15 is 0 Å². The fourth-order valence-corrected chi connectivity index (χ4v) is 2.90. The van der Waals surface area contributed by atoms with E-state index in [-0.39, 0.29) is 11.9 Å². The Morgan fingerprint density at radius 1 is 1.59 bits per heavy atom. The van der Waals surface area contributed by atoms with Gasteiger partial charge in [-0.1, -0.05) is 6.92 Å². The first-order chi connectivity index (χ1) is 8.29. The predicted octanol–water partition coefficient (Wildman–Crippen LogP) is 1.81.